The van der Waals surface area contributed by atoms with Gasteiger partial charge in [0.1, 0.15) is 5.84 Å². The van der Waals surface area contributed by atoms with Crippen molar-refractivity contribution in [2.24, 2.45) is 5.73 Å². The SMILES string of the molecule is CCC(CC)n1cc(C(=N)N)cn1. The van der Waals surface area contributed by atoms with Crippen molar-refractivity contribution in [3.8, 4) is 0 Å². The molecule has 0 aromatic carbocycles. The van der Waals surface area contributed by atoms with E-state index < -0.39 is 0 Å². The van der Waals surface area contributed by atoms with Gasteiger partial charge in [-0.3, -0.25) is 10.1 Å². The topological polar surface area (TPSA) is 67.7 Å². The average Bonchev–Trinajstić information content (AvgIpc) is 2.56. The Morgan fingerprint density at radius 3 is 2.62 bits per heavy atom. The van der Waals surface area contributed by atoms with Gasteiger partial charge in [0.15, 0.2) is 0 Å². The summed E-state index contributed by atoms with van der Waals surface area (Å²) >= 11 is 0. The maximum absolute atomic E-state index is 7.23. The third kappa shape index (κ3) is 2.08. The van der Waals surface area contributed by atoms with Crippen molar-refractivity contribution in [3.63, 3.8) is 0 Å². The van der Waals surface area contributed by atoms with Crippen molar-refractivity contribution in [1.82, 2.24) is 9.78 Å². The minimum atomic E-state index is 0.0807. The van der Waals surface area contributed by atoms with E-state index in [4.69, 9.17) is 11.1 Å². The number of hydrogen-bond donors (Lipinski definition) is 2. The molecule has 4 heteroatoms. The van der Waals surface area contributed by atoms with Gasteiger partial charge in [-0.05, 0) is 12.8 Å². The van der Waals surface area contributed by atoms with Crippen LogP contribution in [0.5, 0.6) is 0 Å². The van der Waals surface area contributed by atoms with Gasteiger partial charge in [0.25, 0.3) is 0 Å². The Morgan fingerprint density at radius 1 is 1.62 bits per heavy atom. The highest BCUT2D eigenvalue weighted by Crippen LogP contribution is 2.14. The molecule has 0 aliphatic carbocycles. The molecule has 0 radical (unpaired) electrons. The van der Waals surface area contributed by atoms with Crippen LogP contribution in [0.3, 0.4) is 0 Å². The van der Waals surface area contributed by atoms with Crippen LogP contribution in [0.25, 0.3) is 0 Å². The molecule has 3 N–H and O–H groups in total. The van der Waals surface area contributed by atoms with E-state index >= 15 is 0 Å². The van der Waals surface area contributed by atoms with Gasteiger partial charge in [0.05, 0.1) is 17.8 Å². The summed E-state index contributed by atoms with van der Waals surface area (Å²) in [6.45, 7) is 4.26. The molecule has 0 saturated heterocycles. The predicted octanol–water partition coefficient (Wildman–Crippen LogP) is 1.53. The number of nitrogens with one attached hydrogen (secondary N) is 1. The van der Waals surface area contributed by atoms with Crippen molar-refractivity contribution in [3.05, 3.63) is 18.0 Å². The Kier molecular flexibility index (Phi) is 3.06. The number of rotatable bonds is 4. The Balaban J connectivity index is 2.84. The minimum absolute atomic E-state index is 0.0807. The smallest absolute Gasteiger partial charge is 0.125 e. The van der Waals surface area contributed by atoms with Crippen LogP contribution in [0, 0.1) is 5.41 Å². The lowest BCUT2D eigenvalue weighted by Crippen LogP contribution is -2.10. The number of nitrogens with zero attached hydrogens (tertiary/aromatic N) is 2. The molecule has 1 aromatic rings. The van der Waals surface area contributed by atoms with E-state index in [-0.39, 0.29) is 5.84 Å². The van der Waals surface area contributed by atoms with Crippen LogP contribution >= 0.6 is 0 Å². The van der Waals surface area contributed by atoms with E-state index in [1.165, 1.54) is 0 Å². The van der Waals surface area contributed by atoms with Crippen molar-refractivity contribution in [2.45, 2.75) is 32.7 Å². The van der Waals surface area contributed by atoms with Gasteiger partial charge in [-0.1, -0.05) is 13.8 Å². The van der Waals surface area contributed by atoms with E-state index in [1.54, 1.807) is 6.20 Å². The maximum atomic E-state index is 7.23. The van der Waals surface area contributed by atoms with Gasteiger partial charge < -0.3 is 5.73 Å². The molecule has 0 bridgehead atoms. The van der Waals surface area contributed by atoms with E-state index in [2.05, 4.69) is 18.9 Å². The lowest BCUT2D eigenvalue weighted by atomic mass is 10.2. The van der Waals surface area contributed by atoms with Crippen LogP contribution in [0.4, 0.5) is 0 Å². The number of nitrogen functional groups attached to an aromatic ring is 1. The quantitative estimate of drug-likeness (QED) is 0.545. The molecule has 0 spiro atoms. The fraction of sp³-hybridized carbons (Fsp3) is 0.556. The first-order valence-electron chi connectivity index (χ1n) is 4.57. The number of aromatic nitrogens is 2. The Morgan fingerprint density at radius 2 is 2.23 bits per heavy atom. The molecule has 72 valence electrons. The minimum Gasteiger partial charge on any atom is -0.384 e. The molecule has 0 fully saturated rings. The first kappa shape index (κ1) is 9.77. The zero-order valence-electron chi connectivity index (χ0n) is 8.12. The average molecular weight is 180 g/mol. The monoisotopic (exact) mass is 180 g/mol. The van der Waals surface area contributed by atoms with Gasteiger partial charge in [0, 0.05) is 6.20 Å². The molecule has 1 aromatic heterocycles. The van der Waals surface area contributed by atoms with Gasteiger partial charge in [-0.15, -0.1) is 0 Å². The number of hydrogen-bond acceptors (Lipinski definition) is 2. The Hall–Kier alpha value is -1.32. The summed E-state index contributed by atoms with van der Waals surface area (Å²) in [5.74, 6) is 0.0807. The Bertz CT molecular complexity index is 286. The van der Waals surface area contributed by atoms with E-state index in [0.29, 0.717) is 11.6 Å². The molecule has 0 aliphatic rings. The lowest BCUT2D eigenvalue weighted by Gasteiger charge is -2.11. The van der Waals surface area contributed by atoms with Crippen molar-refractivity contribution < 1.29 is 0 Å². The van der Waals surface area contributed by atoms with E-state index in [9.17, 15) is 0 Å². The summed E-state index contributed by atoms with van der Waals surface area (Å²) in [6, 6.07) is 0.424. The molecule has 0 saturated carbocycles. The predicted molar refractivity (Wildman–Crippen MR) is 52.9 cm³/mol. The van der Waals surface area contributed by atoms with Crippen molar-refractivity contribution in [1.29, 1.82) is 5.41 Å². The highest BCUT2D eigenvalue weighted by Gasteiger charge is 2.08. The fourth-order valence-electron chi connectivity index (χ4n) is 1.34. The first-order chi connectivity index (χ1) is 6.19. The second-order valence-electron chi connectivity index (χ2n) is 3.09. The number of nitrogens with two attached hydrogens (primary N) is 1. The molecule has 0 atom stereocenters. The van der Waals surface area contributed by atoms with Crippen LogP contribution in [0.2, 0.25) is 0 Å². The summed E-state index contributed by atoms with van der Waals surface area (Å²) in [5.41, 5.74) is 6.04. The zero-order chi connectivity index (χ0) is 9.84. The standard InChI is InChI=1S/C9H16N4/c1-3-8(4-2)13-6-7(5-12-13)9(10)11/h5-6,8H,3-4H2,1-2H3,(H3,10,11). The molecular formula is C9H16N4. The van der Waals surface area contributed by atoms with Crippen LogP contribution < -0.4 is 5.73 Å². The van der Waals surface area contributed by atoms with Gasteiger partial charge in [-0.2, -0.15) is 5.10 Å². The largest absolute Gasteiger partial charge is 0.384 e. The summed E-state index contributed by atoms with van der Waals surface area (Å²) in [5, 5.41) is 11.4. The Labute approximate surface area is 78.3 Å². The molecular weight excluding hydrogens is 164 g/mol. The molecule has 0 unspecified atom stereocenters. The molecule has 0 aliphatic heterocycles. The third-order valence-corrected chi connectivity index (χ3v) is 2.23. The van der Waals surface area contributed by atoms with Gasteiger partial charge in [0.2, 0.25) is 0 Å². The van der Waals surface area contributed by atoms with Crippen molar-refractivity contribution >= 4 is 5.84 Å². The third-order valence-electron chi connectivity index (χ3n) is 2.23. The second-order valence-corrected chi connectivity index (χ2v) is 3.09. The lowest BCUT2D eigenvalue weighted by molar-refractivity contribution is 0.428. The number of amidine groups is 1. The second kappa shape index (κ2) is 4.07. The summed E-state index contributed by atoms with van der Waals surface area (Å²) < 4.78 is 1.89. The normalized spacial score (nSPS) is 10.7. The van der Waals surface area contributed by atoms with Crippen LogP contribution in [0.15, 0.2) is 12.4 Å². The molecule has 1 rings (SSSR count). The van der Waals surface area contributed by atoms with E-state index in [1.807, 2.05) is 10.9 Å². The van der Waals surface area contributed by atoms with Crippen LogP contribution in [-0.4, -0.2) is 15.6 Å². The summed E-state index contributed by atoms with van der Waals surface area (Å²) in [7, 11) is 0. The highest BCUT2D eigenvalue weighted by atomic mass is 15.3. The summed E-state index contributed by atoms with van der Waals surface area (Å²) in [4.78, 5) is 0. The molecule has 13 heavy (non-hydrogen) atoms. The molecule has 1 heterocycles. The van der Waals surface area contributed by atoms with Crippen LogP contribution in [-0.2, 0) is 0 Å². The van der Waals surface area contributed by atoms with Gasteiger partial charge >= 0.3 is 0 Å². The van der Waals surface area contributed by atoms with Crippen molar-refractivity contribution in [2.75, 3.05) is 0 Å². The highest BCUT2D eigenvalue weighted by molar-refractivity contribution is 5.94. The maximum Gasteiger partial charge on any atom is 0.125 e. The van der Waals surface area contributed by atoms with Gasteiger partial charge in [-0.25, -0.2) is 0 Å². The molecule has 0 amide bonds. The van der Waals surface area contributed by atoms with E-state index in [0.717, 1.165) is 12.8 Å². The fourth-order valence-corrected chi connectivity index (χ4v) is 1.34. The molecule has 4 nitrogen and oxygen atoms in total. The summed E-state index contributed by atoms with van der Waals surface area (Å²) in [6.07, 6.45) is 5.58. The zero-order valence-corrected chi connectivity index (χ0v) is 8.12. The van der Waals surface area contributed by atoms with Crippen LogP contribution in [0.1, 0.15) is 38.3 Å². The first-order valence-corrected chi connectivity index (χ1v) is 4.57.